The first-order chi connectivity index (χ1) is 27.3. The Morgan fingerprint density at radius 2 is 0.828 bits per heavy atom. The van der Waals surface area contributed by atoms with Crippen molar-refractivity contribution in [2.24, 2.45) is 5.92 Å². The maximum atomic E-state index is 13.5. The van der Waals surface area contributed by atoms with Gasteiger partial charge < -0.3 is 0 Å². The van der Waals surface area contributed by atoms with Gasteiger partial charge in [0, 0.05) is 11.8 Å². The average molecular weight is 807 g/mol. The third kappa shape index (κ3) is 6.37. The van der Waals surface area contributed by atoms with Gasteiger partial charge in [0.05, 0.1) is 22.6 Å². The number of rotatable bonds is 4. The molecule has 0 amide bonds. The van der Waals surface area contributed by atoms with E-state index in [1.807, 2.05) is 36.4 Å². The average Bonchev–Trinajstić information content (AvgIpc) is 3.17. The number of hydrogen-bond acceptors (Lipinski definition) is 0. The van der Waals surface area contributed by atoms with Crippen LogP contribution in [0.4, 0.5) is 52.7 Å². The topological polar surface area (TPSA) is 0 Å². The molecule has 2 aliphatic rings. The molecule has 0 bridgehead atoms. The van der Waals surface area contributed by atoms with Crippen molar-refractivity contribution in [3.05, 3.63) is 159 Å². The lowest BCUT2D eigenvalue weighted by Gasteiger charge is -2.29. The van der Waals surface area contributed by atoms with Crippen molar-refractivity contribution in [2.75, 3.05) is 0 Å². The Hall–Kier alpha value is -5.78. The standard InChI is InChI=1S/C46H26F12/c47-43(48,49)27-9-1-23(2-10-27)31-17-35-36(18-32(31)24-3-11-28(12-4-24)44(50,51)52)40-22-42-38-20-34(26-7-15-30(16-8-26)46(56,57)58)33(19-37(38)41(42)21-39(35)40)25-5-13-29(14-6-25)45(53,54)55/h1-15,17-22,30-32H,16H2. The van der Waals surface area contributed by atoms with E-state index in [2.05, 4.69) is 0 Å². The summed E-state index contributed by atoms with van der Waals surface area (Å²) in [6.07, 6.45) is -10.7. The first-order valence-corrected chi connectivity index (χ1v) is 18.0. The summed E-state index contributed by atoms with van der Waals surface area (Å²) in [7, 11) is 0. The van der Waals surface area contributed by atoms with Crippen LogP contribution in [0.1, 0.15) is 51.6 Å². The Kier molecular flexibility index (Phi) is 8.38. The fraction of sp³-hybridized carbons (Fsp3) is 0.174. The van der Waals surface area contributed by atoms with Crippen LogP contribution in [0.25, 0.3) is 61.2 Å². The minimum absolute atomic E-state index is 0.306. The van der Waals surface area contributed by atoms with Gasteiger partial charge in [-0.25, -0.2) is 0 Å². The quantitative estimate of drug-likeness (QED) is 0.155. The largest absolute Gasteiger partial charge is 0.416 e. The van der Waals surface area contributed by atoms with Gasteiger partial charge in [-0.1, -0.05) is 66.8 Å². The molecule has 58 heavy (non-hydrogen) atoms. The summed E-state index contributed by atoms with van der Waals surface area (Å²) in [5, 5.41) is 6.54. The van der Waals surface area contributed by atoms with Gasteiger partial charge in [0.15, 0.2) is 0 Å². The van der Waals surface area contributed by atoms with Gasteiger partial charge in [0.2, 0.25) is 0 Å². The first kappa shape index (κ1) is 37.8. The normalized spacial score (nSPS) is 19.1. The van der Waals surface area contributed by atoms with Gasteiger partial charge in [-0.05, 0) is 143 Å². The Balaban J connectivity index is 1.20. The van der Waals surface area contributed by atoms with Crippen molar-refractivity contribution >= 4 is 50.0 Å². The van der Waals surface area contributed by atoms with Crippen molar-refractivity contribution in [3.8, 4) is 11.1 Å². The molecule has 0 aromatic heterocycles. The SMILES string of the molecule is FC(F)(F)c1ccc(-c2cc3c(cc2C2=CCC(C(F)(F)F)C=C2)c2cc4c5c(c4cc32)=CC(c2ccc(C(F)(F)F)cc2)C(c2ccc(C(F)(F)F)cc2)C=5)cc1. The smallest absolute Gasteiger partial charge is 0.170 e. The van der Waals surface area contributed by atoms with Crippen LogP contribution >= 0.6 is 0 Å². The fourth-order valence-corrected chi connectivity index (χ4v) is 8.40. The van der Waals surface area contributed by atoms with E-state index in [4.69, 9.17) is 0 Å². The highest BCUT2D eigenvalue weighted by molar-refractivity contribution is 6.29. The monoisotopic (exact) mass is 806 g/mol. The molecule has 0 nitrogen and oxygen atoms in total. The van der Waals surface area contributed by atoms with Crippen LogP contribution in [0.3, 0.4) is 0 Å². The molecule has 3 unspecified atom stereocenters. The number of allylic oxidation sites excluding steroid dienone is 4. The van der Waals surface area contributed by atoms with Gasteiger partial charge in [-0.3, -0.25) is 0 Å². The molecule has 0 fully saturated rings. The molecule has 7 aromatic rings. The summed E-state index contributed by atoms with van der Waals surface area (Å²) in [5.41, 5.74) is 0.535. The van der Waals surface area contributed by atoms with Gasteiger partial charge in [0.1, 0.15) is 0 Å². The van der Waals surface area contributed by atoms with E-state index in [0.29, 0.717) is 33.4 Å². The molecule has 3 atom stereocenters. The van der Waals surface area contributed by atoms with E-state index >= 15 is 0 Å². The predicted octanol–water partition coefficient (Wildman–Crippen LogP) is 13.4. The molecule has 0 radical (unpaired) electrons. The van der Waals surface area contributed by atoms with Crippen molar-refractivity contribution in [1.82, 2.24) is 0 Å². The zero-order valence-corrected chi connectivity index (χ0v) is 29.6. The highest BCUT2D eigenvalue weighted by atomic mass is 19.4. The first-order valence-electron chi connectivity index (χ1n) is 18.0. The van der Waals surface area contributed by atoms with Crippen molar-refractivity contribution in [1.29, 1.82) is 0 Å². The molecule has 0 aliphatic heterocycles. The zero-order chi connectivity index (χ0) is 41.1. The van der Waals surface area contributed by atoms with E-state index in [0.717, 1.165) is 85.2 Å². The molecule has 0 saturated carbocycles. The van der Waals surface area contributed by atoms with Crippen molar-refractivity contribution in [3.63, 3.8) is 0 Å². The maximum absolute atomic E-state index is 13.5. The Labute approximate surface area is 321 Å². The molecular weight excluding hydrogens is 780 g/mol. The number of halogens is 12. The highest BCUT2D eigenvalue weighted by Crippen LogP contribution is 2.46. The van der Waals surface area contributed by atoms with Crippen LogP contribution in [0.5, 0.6) is 0 Å². The summed E-state index contributed by atoms with van der Waals surface area (Å²) in [4.78, 5) is 0. The van der Waals surface area contributed by atoms with Gasteiger partial charge in [-0.15, -0.1) is 0 Å². The number of benzene rings is 5. The number of fused-ring (bicyclic) bond motifs is 8. The predicted molar refractivity (Wildman–Crippen MR) is 200 cm³/mol. The van der Waals surface area contributed by atoms with Gasteiger partial charge >= 0.3 is 24.7 Å². The summed E-state index contributed by atoms with van der Waals surface area (Å²) >= 11 is 0. The van der Waals surface area contributed by atoms with E-state index in [1.54, 1.807) is 0 Å². The van der Waals surface area contributed by atoms with Crippen LogP contribution in [-0.4, -0.2) is 6.18 Å². The molecule has 2 aliphatic carbocycles. The Morgan fingerprint density at radius 3 is 1.21 bits per heavy atom. The lowest BCUT2D eigenvalue weighted by atomic mass is 9.74. The van der Waals surface area contributed by atoms with Crippen molar-refractivity contribution < 1.29 is 52.7 Å². The summed E-state index contributed by atoms with van der Waals surface area (Å²) in [5.74, 6) is -2.74. The van der Waals surface area contributed by atoms with E-state index < -0.39 is 59.1 Å². The Morgan fingerprint density at radius 1 is 0.431 bits per heavy atom. The van der Waals surface area contributed by atoms with Gasteiger partial charge in [0.25, 0.3) is 0 Å². The van der Waals surface area contributed by atoms with E-state index in [1.165, 1.54) is 48.6 Å². The lowest BCUT2D eigenvalue weighted by Crippen LogP contribution is -2.38. The zero-order valence-electron chi connectivity index (χ0n) is 29.6. The van der Waals surface area contributed by atoms with Crippen LogP contribution in [0.15, 0.2) is 115 Å². The second-order valence-electron chi connectivity index (χ2n) is 14.8. The molecule has 0 N–H and O–H groups in total. The van der Waals surface area contributed by atoms with Gasteiger partial charge in [-0.2, -0.15) is 52.7 Å². The summed E-state index contributed by atoms with van der Waals surface area (Å²) in [6.45, 7) is 0. The summed E-state index contributed by atoms with van der Waals surface area (Å²) in [6, 6.07) is 21.5. The maximum Gasteiger partial charge on any atom is 0.416 e. The summed E-state index contributed by atoms with van der Waals surface area (Å²) < 4.78 is 162. The Bertz CT molecular complexity index is 2890. The second kappa shape index (κ2) is 12.9. The molecular formula is C46H26F12. The molecule has 12 heteroatoms. The van der Waals surface area contributed by atoms with Crippen LogP contribution in [0.2, 0.25) is 0 Å². The third-order valence-corrected chi connectivity index (χ3v) is 11.4. The molecule has 0 heterocycles. The minimum Gasteiger partial charge on any atom is -0.170 e. The number of alkyl halides is 12. The number of hydrogen-bond donors (Lipinski definition) is 0. The molecule has 0 saturated heterocycles. The molecule has 9 rings (SSSR count). The molecule has 294 valence electrons. The minimum atomic E-state index is -4.58. The van der Waals surface area contributed by atoms with Crippen LogP contribution < -0.4 is 10.4 Å². The van der Waals surface area contributed by atoms with Crippen LogP contribution in [0, 0.1) is 5.92 Å². The van der Waals surface area contributed by atoms with Crippen LogP contribution in [-0.2, 0) is 18.5 Å². The van der Waals surface area contributed by atoms with E-state index in [-0.39, 0.29) is 6.42 Å². The van der Waals surface area contributed by atoms with E-state index in [9.17, 15) is 52.7 Å². The third-order valence-electron chi connectivity index (χ3n) is 11.4. The molecule has 0 spiro atoms. The fourth-order valence-electron chi connectivity index (χ4n) is 8.40. The highest BCUT2D eigenvalue weighted by Gasteiger charge is 2.38. The van der Waals surface area contributed by atoms with Crippen molar-refractivity contribution in [2.45, 2.75) is 43.0 Å². The second-order valence-corrected chi connectivity index (χ2v) is 14.8. The molecule has 7 aromatic carbocycles. The lowest BCUT2D eigenvalue weighted by molar-refractivity contribution is -0.160.